The second-order valence-corrected chi connectivity index (χ2v) is 5.13. The molecule has 2 aromatic rings. The molecule has 18 heavy (non-hydrogen) atoms. The molecule has 4 nitrogen and oxygen atoms in total. The predicted molar refractivity (Wildman–Crippen MR) is 73.8 cm³/mol. The molecule has 2 heterocycles. The number of aromatic nitrogens is 2. The third-order valence-corrected chi connectivity index (χ3v) is 3.76. The van der Waals surface area contributed by atoms with Gasteiger partial charge in [-0.2, -0.15) is 0 Å². The minimum Gasteiger partial charge on any atom is -0.345 e. The molecule has 1 aromatic carbocycles. The molecule has 2 N–H and O–H groups in total. The Kier molecular flexibility index (Phi) is 3.30. The Balaban J connectivity index is 1.72. The summed E-state index contributed by atoms with van der Waals surface area (Å²) in [5, 5.41) is 3.39. The number of H-pyrrole nitrogens is 1. The van der Waals surface area contributed by atoms with E-state index in [0.29, 0.717) is 5.92 Å². The summed E-state index contributed by atoms with van der Waals surface area (Å²) in [5.74, 6) is 0.566. The van der Waals surface area contributed by atoms with E-state index in [0.717, 1.165) is 43.8 Å². The van der Waals surface area contributed by atoms with E-state index in [1.807, 2.05) is 0 Å². The van der Waals surface area contributed by atoms with Gasteiger partial charge in [-0.05, 0) is 23.6 Å². The number of imidazole rings is 1. The van der Waals surface area contributed by atoms with Crippen molar-refractivity contribution in [3.05, 3.63) is 30.1 Å². The van der Waals surface area contributed by atoms with Crippen molar-refractivity contribution in [3.8, 4) is 0 Å². The summed E-state index contributed by atoms with van der Waals surface area (Å²) in [5.41, 5.74) is 3.58. The van der Waals surface area contributed by atoms with Crippen molar-refractivity contribution in [2.24, 2.45) is 0 Å². The standard InChI is InChI=1S/C14H20N4/c1-11(9-18-6-4-15-5-7-18)12-2-3-13-14(8-12)17-10-16-13/h2-3,8,10-11,15H,4-7,9H2,1H3,(H,16,17). The quantitative estimate of drug-likeness (QED) is 0.861. The third-order valence-electron chi connectivity index (χ3n) is 3.76. The fraction of sp³-hybridized carbons (Fsp3) is 0.500. The van der Waals surface area contributed by atoms with Crippen molar-refractivity contribution in [1.82, 2.24) is 20.2 Å². The van der Waals surface area contributed by atoms with Crippen LogP contribution in [0.4, 0.5) is 0 Å². The lowest BCUT2D eigenvalue weighted by Gasteiger charge is -2.29. The van der Waals surface area contributed by atoms with Crippen LogP contribution in [0.5, 0.6) is 0 Å². The maximum absolute atomic E-state index is 4.26. The summed E-state index contributed by atoms with van der Waals surface area (Å²) in [6.07, 6.45) is 1.76. The van der Waals surface area contributed by atoms with Crippen LogP contribution in [0.3, 0.4) is 0 Å². The van der Waals surface area contributed by atoms with Crippen LogP contribution in [0.25, 0.3) is 11.0 Å². The summed E-state index contributed by atoms with van der Waals surface area (Å²) in [6, 6.07) is 6.54. The second kappa shape index (κ2) is 5.08. The first-order valence-corrected chi connectivity index (χ1v) is 6.69. The van der Waals surface area contributed by atoms with Gasteiger partial charge in [-0.25, -0.2) is 4.98 Å². The summed E-state index contributed by atoms with van der Waals surface area (Å²) < 4.78 is 0. The smallest absolute Gasteiger partial charge is 0.0931 e. The molecule has 3 rings (SSSR count). The molecule has 1 aromatic heterocycles. The largest absolute Gasteiger partial charge is 0.345 e. The monoisotopic (exact) mass is 244 g/mol. The molecule has 0 amide bonds. The van der Waals surface area contributed by atoms with E-state index in [9.17, 15) is 0 Å². The van der Waals surface area contributed by atoms with Gasteiger partial charge in [0.1, 0.15) is 0 Å². The number of aromatic amines is 1. The molecule has 1 unspecified atom stereocenters. The van der Waals surface area contributed by atoms with Crippen molar-refractivity contribution in [2.75, 3.05) is 32.7 Å². The van der Waals surface area contributed by atoms with E-state index >= 15 is 0 Å². The highest BCUT2D eigenvalue weighted by molar-refractivity contribution is 5.75. The van der Waals surface area contributed by atoms with Crippen LogP contribution in [-0.2, 0) is 0 Å². The highest BCUT2D eigenvalue weighted by atomic mass is 15.2. The van der Waals surface area contributed by atoms with Gasteiger partial charge in [-0.1, -0.05) is 13.0 Å². The van der Waals surface area contributed by atoms with Gasteiger partial charge in [0, 0.05) is 32.7 Å². The summed E-state index contributed by atoms with van der Waals surface area (Å²) in [4.78, 5) is 9.98. The SMILES string of the molecule is CC(CN1CCNCC1)c1ccc2nc[nH]c2c1. The Morgan fingerprint density at radius 3 is 3.00 bits per heavy atom. The van der Waals surface area contributed by atoms with Gasteiger partial charge >= 0.3 is 0 Å². The van der Waals surface area contributed by atoms with Crippen LogP contribution in [0.15, 0.2) is 24.5 Å². The number of benzene rings is 1. The van der Waals surface area contributed by atoms with E-state index in [2.05, 4.69) is 45.3 Å². The van der Waals surface area contributed by atoms with Gasteiger partial charge in [0.15, 0.2) is 0 Å². The Bertz CT molecular complexity index is 513. The summed E-state index contributed by atoms with van der Waals surface area (Å²) in [7, 11) is 0. The number of fused-ring (bicyclic) bond motifs is 1. The Morgan fingerprint density at radius 1 is 1.33 bits per heavy atom. The van der Waals surface area contributed by atoms with E-state index in [1.54, 1.807) is 6.33 Å². The van der Waals surface area contributed by atoms with Crippen LogP contribution < -0.4 is 5.32 Å². The van der Waals surface area contributed by atoms with Crippen molar-refractivity contribution in [3.63, 3.8) is 0 Å². The molecule has 4 heteroatoms. The topological polar surface area (TPSA) is 44.0 Å². The molecule has 1 aliphatic heterocycles. The molecule has 0 radical (unpaired) electrons. The van der Waals surface area contributed by atoms with Crippen LogP contribution in [-0.4, -0.2) is 47.6 Å². The summed E-state index contributed by atoms with van der Waals surface area (Å²) >= 11 is 0. The van der Waals surface area contributed by atoms with Gasteiger partial charge in [-0.3, -0.25) is 0 Å². The van der Waals surface area contributed by atoms with Crippen molar-refractivity contribution < 1.29 is 0 Å². The first-order chi connectivity index (χ1) is 8.83. The lowest BCUT2D eigenvalue weighted by atomic mass is 10.00. The lowest BCUT2D eigenvalue weighted by Crippen LogP contribution is -2.44. The van der Waals surface area contributed by atoms with Crippen LogP contribution >= 0.6 is 0 Å². The van der Waals surface area contributed by atoms with Crippen molar-refractivity contribution in [2.45, 2.75) is 12.8 Å². The van der Waals surface area contributed by atoms with Crippen LogP contribution in [0, 0.1) is 0 Å². The van der Waals surface area contributed by atoms with Gasteiger partial charge < -0.3 is 15.2 Å². The normalized spacial score (nSPS) is 19.2. The number of nitrogens with zero attached hydrogens (tertiary/aromatic N) is 2. The zero-order valence-corrected chi connectivity index (χ0v) is 10.8. The van der Waals surface area contributed by atoms with E-state index in [1.165, 1.54) is 5.56 Å². The molecular formula is C14H20N4. The average molecular weight is 244 g/mol. The first-order valence-electron chi connectivity index (χ1n) is 6.69. The van der Waals surface area contributed by atoms with Gasteiger partial charge in [0.05, 0.1) is 17.4 Å². The number of rotatable bonds is 3. The zero-order valence-electron chi connectivity index (χ0n) is 10.8. The molecule has 1 atom stereocenters. The Labute approximate surface area is 107 Å². The van der Waals surface area contributed by atoms with Crippen molar-refractivity contribution >= 4 is 11.0 Å². The maximum atomic E-state index is 4.26. The molecule has 1 fully saturated rings. The molecule has 0 saturated carbocycles. The van der Waals surface area contributed by atoms with Gasteiger partial charge in [0.25, 0.3) is 0 Å². The highest BCUT2D eigenvalue weighted by Gasteiger charge is 2.14. The number of piperazine rings is 1. The molecule has 0 aliphatic carbocycles. The van der Waals surface area contributed by atoms with E-state index < -0.39 is 0 Å². The number of hydrogen-bond acceptors (Lipinski definition) is 3. The minimum atomic E-state index is 0.566. The zero-order chi connectivity index (χ0) is 12.4. The fourth-order valence-electron chi connectivity index (χ4n) is 2.65. The third kappa shape index (κ3) is 2.40. The van der Waals surface area contributed by atoms with Crippen LogP contribution in [0.2, 0.25) is 0 Å². The van der Waals surface area contributed by atoms with E-state index in [-0.39, 0.29) is 0 Å². The van der Waals surface area contributed by atoms with Gasteiger partial charge in [-0.15, -0.1) is 0 Å². The van der Waals surface area contributed by atoms with E-state index in [4.69, 9.17) is 0 Å². The molecule has 1 aliphatic rings. The maximum Gasteiger partial charge on any atom is 0.0931 e. The molecule has 0 bridgehead atoms. The Hall–Kier alpha value is -1.39. The summed E-state index contributed by atoms with van der Waals surface area (Å²) in [6.45, 7) is 8.01. The lowest BCUT2D eigenvalue weighted by molar-refractivity contribution is 0.230. The predicted octanol–water partition coefficient (Wildman–Crippen LogP) is 1.57. The average Bonchev–Trinajstić information content (AvgIpc) is 2.87. The second-order valence-electron chi connectivity index (χ2n) is 5.13. The minimum absolute atomic E-state index is 0.566. The first kappa shape index (κ1) is 11.7. The fourth-order valence-corrected chi connectivity index (χ4v) is 2.65. The Morgan fingerprint density at radius 2 is 2.17 bits per heavy atom. The highest BCUT2D eigenvalue weighted by Crippen LogP contribution is 2.20. The number of nitrogens with one attached hydrogen (secondary N) is 2. The van der Waals surface area contributed by atoms with Gasteiger partial charge in [0.2, 0.25) is 0 Å². The number of hydrogen-bond donors (Lipinski definition) is 2. The van der Waals surface area contributed by atoms with Crippen molar-refractivity contribution in [1.29, 1.82) is 0 Å². The molecule has 0 spiro atoms. The molecule has 1 saturated heterocycles. The van der Waals surface area contributed by atoms with Crippen LogP contribution in [0.1, 0.15) is 18.4 Å². The molecule has 96 valence electrons. The molecular weight excluding hydrogens is 224 g/mol.